The summed E-state index contributed by atoms with van der Waals surface area (Å²) >= 11 is 0. The molecule has 1 fully saturated rings. The topological polar surface area (TPSA) is 180 Å². The third kappa shape index (κ3) is 12.0. The van der Waals surface area contributed by atoms with E-state index in [2.05, 4.69) is 15.3 Å². The number of epoxide rings is 1. The van der Waals surface area contributed by atoms with Gasteiger partial charge in [-0.3, -0.25) is 19.6 Å². The van der Waals surface area contributed by atoms with E-state index < -0.39 is 6.10 Å². The molecule has 8 aromatic rings. The van der Waals surface area contributed by atoms with Crippen molar-refractivity contribution in [2.24, 2.45) is 0 Å². The SMILES string of the molecule is COc1cc2c(Oc3ccc(C)cc3C(=O)c3ccccc3)ccnc2cc1OCC(O)CNCCO.COc1cc2c(Oc3ccc(C)cc3C(=O)c3ccccc3)ccnc2cc1OCC1CO1. The highest BCUT2D eigenvalue weighted by molar-refractivity contribution is 6.11. The fourth-order valence-corrected chi connectivity index (χ4v) is 7.47. The standard InChI is InChI=1S/C29H30N2O6.C27H23NO5/c1-19-8-9-25(23(14-19)29(34)20-6-4-3-5-7-20)37-26-10-11-31-24-16-28(27(35-2)15-22(24)26)36-18-21(33)17-30-12-13-32;1-17-8-9-23(21(12-17)27(29)18-6-4-3-5-7-18)33-24-10-11-28-22-14-26(32-16-19-15-31-19)25(30-2)13-20(22)24/h3-11,14-16,21,30,32-33H,12-13,17-18H2,1-2H3;3-14,19H,15-16H2,1-2H3. The van der Waals surface area contributed by atoms with Gasteiger partial charge in [0, 0.05) is 59.5 Å². The van der Waals surface area contributed by atoms with E-state index in [1.807, 2.05) is 92.7 Å². The van der Waals surface area contributed by atoms with Gasteiger partial charge in [-0.15, -0.1) is 0 Å². The minimum Gasteiger partial charge on any atom is -0.493 e. The van der Waals surface area contributed by atoms with Crippen LogP contribution in [0.2, 0.25) is 0 Å². The molecule has 3 N–H and O–H groups in total. The average molecular weight is 944 g/mol. The summed E-state index contributed by atoms with van der Waals surface area (Å²) in [5, 5.41) is 23.3. The smallest absolute Gasteiger partial charge is 0.196 e. The van der Waals surface area contributed by atoms with Gasteiger partial charge in [-0.1, -0.05) is 83.9 Å². The van der Waals surface area contributed by atoms with Gasteiger partial charge in [0.25, 0.3) is 0 Å². The van der Waals surface area contributed by atoms with Crippen LogP contribution in [0.3, 0.4) is 0 Å². The summed E-state index contributed by atoms with van der Waals surface area (Å²) in [5.74, 6) is 3.82. The molecule has 1 saturated heterocycles. The van der Waals surface area contributed by atoms with E-state index >= 15 is 0 Å². The summed E-state index contributed by atoms with van der Waals surface area (Å²) < 4.78 is 40.5. The first-order chi connectivity index (χ1) is 34.1. The van der Waals surface area contributed by atoms with E-state index in [9.17, 15) is 14.7 Å². The lowest BCUT2D eigenvalue weighted by Gasteiger charge is -2.17. The Bertz CT molecular complexity index is 3090. The first-order valence-electron chi connectivity index (χ1n) is 22.7. The number of methoxy groups -OCH3 is 2. The molecule has 2 atom stereocenters. The molecule has 0 aliphatic carbocycles. The molecule has 358 valence electrons. The summed E-state index contributed by atoms with van der Waals surface area (Å²) in [5.41, 5.74) is 5.37. The number of nitrogens with one attached hydrogen (secondary N) is 1. The van der Waals surface area contributed by atoms with Crippen LogP contribution >= 0.6 is 0 Å². The summed E-state index contributed by atoms with van der Waals surface area (Å²) in [6.07, 6.45) is 2.66. The zero-order valence-electron chi connectivity index (χ0n) is 39.2. The third-order valence-corrected chi connectivity index (χ3v) is 11.2. The number of rotatable bonds is 20. The van der Waals surface area contributed by atoms with E-state index in [-0.39, 0.29) is 37.4 Å². The number of hydrogen-bond donors (Lipinski definition) is 3. The van der Waals surface area contributed by atoms with Gasteiger partial charge in [0.2, 0.25) is 0 Å². The van der Waals surface area contributed by atoms with Crippen LogP contribution < -0.4 is 33.7 Å². The molecule has 2 unspecified atom stereocenters. The lowest BCUT2D eigenvalue weighted by atomic mass is 10.0. The van der Waals surface area contributed by atoms with Gasteiger partial charge < -0.3 is 48.7 Å². The maximum Gasteiger partial charge on any atom is 0.196 e. The van der Waals surface area contributed by atoms with Gasteiger partial charge in [-0.25, -0.2) is 0 Å². The number of aromatic nitrogens is 2. The van der Waals surface area contributed by atoms with Crippen LogP contribution in [-0.4, -0.2) is 97.7 Å². The molecule has 0 radical (unpaired) electrons. The van der Waals surface area contributed by atoms with Crippen LogP contribution in [0, 0.1) is 13.8 Å². The van der Waals surface area contributed by atoms with Crippen LogP contribution in [0.25, 0.3) is 21.8 Å². The molecule has 14 heteroatoms. The molecule has 14 nitrogen and oxygen atoms in total. The normalized spacial score (nSPS) is 13.1. The van der Waals surface area contributed by atoms with Crippen LogP contribution in [0.15, 0.2) is 146 Å². The molecular formula is C56H53N3O11. The van der Waals surface area contributed by atoms with Crippen LogP contribution in [0.4, 0.5) is 0 Å². The summed E-state index contributed by atoms with van der Waals surface area (Å²) in [4.78, 5) is 35.4. The van der Waals surface area contributed by atoms with Crippen molar-refractivity contribution in [3.63, 3.8) is 0 Å². The van der Waals surface area contributed by atoms with Crippen molar-refractivity contribution in [3.05, 3.63) is 179 Å². The molecule has 3 heterocycles. The minimum atomic E-state index is -0.767. The zero-order chi connectivity index (χ0) is 49.0. The second-order valence-corrected chi connectivity index (χ2v) is 16.4. The fraction of sp³-hybridized carbons (Fsp3) is 0.214. The number of nitrogens with zero attached hydrogens (tertiary/aromatic N) is 2. The number of ketones is 2. The number of benzene rings is 6. The molecule has 0 amide bonds. The van der Waals surface area contributed by atoms with Crippen LogP contribution in [0.5, 0.6) is 46.0 Å². The van der Waals surface area contributed by atoms with E-state index in [0.717, 1.165) is 16.5 Å². The van der Waals surface area contributed by atoms with E-state index in [0.29, 0.717) is 104 Å². The maximum absolute atomic E-state index is 13.3. The van der Waals surface area contributed by atoms with Gasteiger partial charge in [-0.05, 0) is 62.4 Å². The van der Waals surface area contributed by atoms with Crippen molar-refractivity contribution in [1.82, 2.24) is 15.3 Å². The predicted octanol–water partition coefficient (Wildman–Crippen LogP) is 9.25. The van der Waals surface area contributed by atoms with Crippen LogP contribution in [0.1, 0.15) is 43.0 Å². The van der Waals surface area contributed by atoms with Crippen molar-refractivity contribution < 1.29 is 53.0 Å². The lowest BCUT2D eigenvalue weighted by Crippen LogP contribution is -2.32. The minimum absolute atomic E-state index is 0.00730. The number of pyridine rings is 2. The quantitative estimate of drug-likeness (QED) is 0.0374. The Morgan fingerprint density at radius 1 is 0.629 bits per heavy atom. The molecule has 0 spiro atoms. The molecular weight excluding hydrogens is 891 g/mol. The second-order valence-electron chi connectivity index (χ2n) is 16.4. The number of ether oxygens (including phenoxy) is 7. The molecule has 6 aromatic carbocycles. The number of fused-ring (bicyclic) bond motifs is 2. The zero-order valence-corrected chi connectivity index (χ0v) is 39.2. The number of carbonyl (C=O) groups is 2. The van der Waals surface area contributed by atoms with Gasteiger partial charge >= 0.3 is 0 Å². The van der Waals surface area contributed by atoms with E-state index in [1.54, 1.807) is 74.1 Å². The maximum atomic E-state index is 13.3. The molecule has 9 rings (SSSR count). The number of aryl methyl sites for hydroxylation is 2. The van der Waals surface area contributed by atoms with E-state index in [4.69, 9.17) is 38.3 Å². The van der Waals surface area contributed by atoms with E-state index in [1.165, 1.54) is 7.11 Å². The molecule has 2 aromatic heterocycles. The second kappa shape index (κ2) is 22.9. The summed E-state index contributed by atoms with van der Waals surface area (Å²) in [6, 6.07) is 40.0. The van der Waals surface area contributed by atoms with Gasteiger partial charge in [-0.2, -0.15) is 0 Å². The van der Waals surface area contributed by atoms with Crippen molar-refractivity contribution in [3.8, 4) is 46.0 Å². The molecule has 0 saturated carbocycles. The Morgan fingerprint density at radius 2 is 1.11 bits per heavy atom. The Balaban J connectivity index is 0.000000189. The largest absolute Gasteiger partial charge is 0.493 e. The molecule has 1 aliphatic rings. The number of aliphatic hydroxyl groups excluding tert-OH is 2. The fourth-order valence-electron chi connectivity index (χ4n) is 7.47. The van der Waals surface area contributed by atoms with Crippen molar-refractivity contribution >= 4 is 33.4 Å². The van der Waals surface area contributed by atoms with Crippen LogP contribution in [-0.2, 0) is 4.74 Å². The van der Waals surface area contributed by atoms with Gasteiger partial charge in [0.05, 0.1) is 49.6 Å². The Morgan fingerprint density at radius 3 is 1.57 bits per heavy atom. The number of hydrogen-bond acceptors (Lipinski definition) is 14. The Kier molecular flexibility index (Phi) is 15.9. The van der Waals surface area contributed by atoms with Crippen molar-refractivity contribution in [2.75, 3.05) is 53.7 Å². The molecule has 0 bridgehead atoms. The highest BCUT2D eigenvalue weighted by atomic mass is 16.6. The summed E-state index contributed by atoms with van der Waals surface area (Å²) in [7, 11) is 3.12. The Hall–Kier alpha value is -7.88. The monoisotopic (exact) mass is 943 g/mol. The first kappa shape index (κ1) is 48.6. The Labute approximate surface area is 405 Å². The molecule has 70 heavy (non-hydrogen) atoms. The highest BCUT2D eigenvalue weighted by Gasteiger charge is 2.25. The van der Waals surface area contributed by atoms with Crippen molar-refractivity contribution in [1.29, 1.82) is 0 Å². The number of carbonyl (C=O) groups excluding carboxylic acids is 2. The van der Waals surface area contributed by atoms with Crippen molar-refractivity contribution in [2.45, 2.75) is 26.1 Å². The first-order valence-corrected chi connectivity index (χ1v) is 22.7. The number of aliphatic hydroxyl groups is 2. The molecule has 1 aliphatic heterocycles. The third-order valence-electron chi connectivity index (χ3n) is 11.2. The van der Waals surface area contributed by atoms with Gasteiger partial charge in [0.15, 0.2) is 34.6 Å². The predicted molar refractivity (Wildman–Crippen MR) is 266 cm³/mol. The average Bonchev–Trinajstić information content (AvgIpc) is 4.23. The van der Waals surface area contributed by atoms with Gasteiger partial charge in [0.1, 0.15) is 48.4 Å². The lowest BCUT2D eigenvalue weighted by molar-refractivity contribution is 0.102. The summed E-state index contributed by atoms with van der Waals surface area (Å²) in [6.45, 7) is 5.76. The highest BCUT2D eigenvalue weighted by Crippen LogP contribution is 2.40.